The van der Waals surface area contributed by atoms with Gasteiger partial charge in [-0.25, -0.2) is 0 Å². The third-order valence-electron chi connectivity index (χ3n) is 4.69. The van der Waals surface area contributed by atoms with Crippen molar-refractivity contribution in [3.63, 3.8) is 0 Å². The molecule has 3 rings (SSSR count). The fourth-order valence-corrected chi connectivity index (χ4v) is 3.71. The molecule has 19 heavy (non-hydrogen) atoms. The Morgan fingerprint density at radius 1 is 1.00 bits per heavy atom. The molecule has 1 saturated carbocycles. The van der Waals surface area contributed by atoms with E-state index < -0.39 is 0 Å². The molecule has 0 saturated heterocycles. The van der Waals surface area contributed by atoms with Crippen molar-refractivity contribution in [2.75, 3.05) is 20.8 Å². The smallest absolute Gasteiger partial charge is 0.161 e. The quantitative estimate of drug-likeness (QED) is 0.887. The van der Waals surface area contributed by atoms with Crippen LogP contribution in [0.5, 0.6) is 11.5 Å². The molecule has 0 bridgehead atoms. The average molecular weight is 261 g/mol. The molecule has 1 aliphatic heterocycles. The molecule has 0 amide bonds. The molecule has 0 aromatic heterocycles. The summed E-state index contributed by atoms with van der Waals surface area (Å²) < 4.78 is 10.9. The van der Waals surface area contributed by atoms with Crippen LogP contribution in [-0.4, -0.2) is 20.8 Å². The van der Waals surface area contributed by atoms with E-state index in [4.69, 9.17) is 9.47 Å². The van der Waals surface area contributed by atoms with E-state index in [2.05, 4.69) is 17.4 Å². The van der Waals surface area contributed by atoms with Gasteiger partial charge in [0.15, 0.2) is 11.5 Å². The average Bonchev–Trinajstić information content (AvgIpc) is 2.47. The van der Waals surface area contributed by atoms with Crippen LogP contribution in [0.3, 0.4) is 0 Å². The van der Waals surface area contributed by atoms with Gasteiger partial charge in [-0.05, 0) is 42.5 Å². The first-order valence-electron chi connectivity index (χ1n) is 7.29. The third kappa shape index (κ3) is 2.10. The molecule has 3 heteroatoms. The van der Waals surface area contributed by atoms with Crippen molar-refractivity contribution in [2.45, 2.75) is 44.1 Å². The van der Waals surface area contributed by atoms with Crippen LogP contribution in [0.2, 0.25) is 0 Å². The highest BCUT2D eigenvalue weighted by Crippen LogP contribution is 2.44. The molecular formula is C16H23NO2. The second kappa shape index (κ2) is 5.04. The molecule has 1 aromatic rings. The first kappa shape index (κ1) is 12.8. The maximum absolute atomic E-state index is 5.48. The van der Waals surface area contributed by atoms with E-state index in [9.17, 15) is 0 Å². The summed E-state index contributed by atoms with van der Waals surface area (Å²) in [5.74, 6) is 1.71. The van der Waals surface area contributed by atoms with Gasteiger partial charge in [-0.15, -0.1) is 0 Å². The predicted octanol–water partition coefficient (Wildman–Crippen LogP) is 3.01. The topological polar surface area (TPSA) is 30.5 Å². The van der Waals surface area contributed by atoms with Crippen molar-refractivity contribution in [2.24, 2.45) is 0 Å². The van der Waals surface area contributed by atoms with Gasteiger partial charge in [0.25, 0.3) is 0 Å². The van der Waals surface area contributed by atoms with E-state index in [1.165, 1.54) is 43.2 Å². The fraction of sp³-hybridized carbons (Fsp3) is 0.625. The van der Waals surface area contributed by atoms with Crippen molar-refractivity contribution < 1.29 is 9.47 Å². The number of fused-ring (bicyclic) bond motifs is 2. The number of hydrogen-bond donors (Lipinski definition) is 1. The zero-order valence-corrected chi connectivity index (χ0v) is 11.9. The summed E-state index contributed by atoms with van der Waals surface area (Å²) in [6.07, 6.45) is 7.58. The molecule has 3 nitrogen and oxygen atoms in total. The van der Waals surface area contributed by atoms with E-state index in [0.29, 0.717) is 0 Å². The molecule has 0 atom stereocenters. The van der Waals surface area contributed by atoms with Crippen LogP contribution in [0.1, 0.15) is 43.2 Å². The molecular weight excluding hydrogens is 238 g/mol. The lowest BCUT2D eigenvalue weighted by molar-refractivity contribution is 0.221. The molecule has 0 unspecified atom stereocenters. The summed E-state index contributed by atoms with van der Waals surface area (Å²) in [6.45, 7) is 1.07. The summed E-state index contributed by atoms with van der Waals surface area (Å²) in [6, 6.07) is 4.37. The monoisotopic (exact) mass is 261 g/mol. The number of rotatable bonds is 2. The largest absolute Gasteiger partial charge is 0.493 e. The zero-order chi connectivity index (χ0) is 13.3. The maximum Gasteiger partial charge on any atom is 0.161 e. The van der Waals surface area contributed by atoms with Crippen LogP contribution in [0.25, 0.3) is 0 Å². The lowest BCUT2D eigenvalue weighted by Crippen LogP contribution is -2.48. The minimum Gasteiger partial charge on any atom is -0.493 e. The Morgan fingerprint density at radius 3 is 2.37 bits per heavy atom. The van der Waals surface area contributed by atoms with Crippen LogP contribution in [0.4, 0.5) is 0 Å². The van der Waals surface area contributed by atoms with E-state index in [1.807, 2.05) is 0 Å². The van der Waals surface area contributed by atoms with E-state index >= 15 is 0 Å². The fourth-order valence-electron chi connectivity index (χ4n) is 3.71. The highest BCUT2D eigenvalue weighted by Gasteiger charge is 2.38. The number of benzene rings is 1. The minimum atomic E-state index is 0.186. The van der Waals surface area contributed by atoms with Gasteiger partial charge >= 0.3 is 0 Å². The molecule has 1 spiro atoms. The molecule has 104 valence electrons. The Balaban J connectivity index is 2.08. The molecule has 0 radical (unpaired) electrons. The summed E-state index contributed by atoms with van der Waals surface area (Å²) >= 11 is 0. The Labute approximate surface area is 115 Å². The van der Waals surface area contributed by atoms with Crippen molar-refractivity contribution >= 4 is 0 Å². The number of nitrogens with one attached hydrogen (secondary N) is 1. The van der Waals surface area contributed by atoms with Gasteiger partial charge in [-0.2, -0.15) is 0 Å². The highest BCUT2D eigenvalue weighted by atomic mass is 16.5. The molecule has 2 aliphatic rings. The number of hydrogen-bond acceptors (Lipinski definition) is 3. The lowest BCUT2D eigenvalue weighted by atomic mass is 9.72. The molecule has 1 aliphatic carbocycles. The van der Waals surface area contributed by atoms with Crippen LogP contribution < -0.4 is 14.8 Å². The van der Waals surface area contributed by atoms with Gasteiger partial charge in [0.1, 0.15) is 0 Å². The maximum atomic E-state index is 5.48. The van der Waals surface area contributed by atoms with Gasteiger partial charge in [-0.1, -0.05) is 19.3 Å². The Kier molecular flexibility index (Phi) is 3.40. The van der Waals surface area contributed by atoms with Crippen molar-refractivity contribution in [1.29, 1.82) is 0 Å². The summed E-state index contributed by atoms with van der Waals surface area (Å²) in [5, 5.41) is 3.78. The Morgan fingerprint density at radius 2 is 1.68 bits per heavy atom. The molecule has 1 heterocycles. The second-order valence-electron chi connectivity index (χ2n) is 5.68. The van der Waals surface area contributed by atoms with Gasteiger partial charge in [0.2, 0.25) is 0 Å². The number of methoxy groups -OCH3 is 2. The normalized spacial score (nSPS) is 20.9. The lowest BCUT2D eigenvalue weighted by Gasteiger charge is -2.43. The molecule has 1 aromatic carbocycles. The van der Waals surface area contributed by atoms with Crippen LogP contribution in [0.15, 0.2) is 12.1 Å². The Hall–Kier alpha value is -1.22. The zero-order valence-electron chi connectivity index (χ0n) is 11.9. The highest BCUT2D eigenvalue weighted by molar-refractivity contribution is 5.51. The molecule has 1 N–H and O–H groups in total. The molecule has 1 fully saturated rings. The van der Waals surface area contributed by atoms with Crippen LogP contribution in [0, 0.1) is 0 Å². The third-order valence-corrected chi connectivity index (χ3v) is 4.69. The SMILES string of the molecule is COc1cc2c(cc1OC)C1(CCCCC1)NCC2. The van der Waals surface area contributed by atoms with Crippen molar-refractivity contribution in [1.82, 2.24) is 5.32 Å². The second-order valence-corrected chi connectivity index (χ2v) is 5.68. The first-order chi connectivity index (χ1) is 9.29. The standard InChI is InChI=1S/C16H23NO2/c1-18-14-10-12-6-9-17-16(7-4-3-5-8-16)13(12)11-15(14)19-2/h10-11,17H,3-9H2,1-2H3. The van der Waals surface area contributed by atoms with Crippen molar-refractivity contribution in [3.05, 3.63) is 23.3 Å². The summed E-state index contributed by atoms with van der Waals surface area (Å²) in [4.78, 5) is 0. The van der Waals surface area contributed by atoms with Crippen LogP contribution in [-0.2, 0) is 12.0 Å². The minimum absolute atomic E-state index is 0.186. The number of ether oxygens (including phenoxy) is 2. The van der Waals surface area contributed by atoms with Gasteiger partial charge in [-0.3, -0.25) is 0 Å². The predicted molar refractivity (Wildman–Crippen MR) is 76.0 cm³/mol. The summed E-state index contributed by atoms with van der Waals surface area (Å²) in [7, 11) is 3.43. The van der Waals surface area contributed by atoms with E-state index in [0.717, 1.165) is 24.5 Å². The first-order valence-corrected chi connectivity index (χ1v) is 7.29. The van der Waals surface area contributed by atoms with Gasteiger partial charge in [0.05, 0.1) is 14.2 Å². The van der Waals surface area contributed by atoms with E-state index in [1.54, 1.807) is 14.2 Å². The van der Waals surface area contributed by atoms with Gasteiger partial charge < -0.3 is 14.8 Å². The van der Waals surface area contributed by atoms with Gasteiger partial charge in [0, 0.05) is 12.1 Å². The summed E-state index contributed by atoms with van der Waals surface area (Å²) in [5.41, 5.74) is 3.06. The van der Waals surface area contributed by atoms with Crippen LogP contribution >= 0.6 is 0 Å². The van der Waals surface area contributed by atoms with E-state index in [-0.39, 0.29) is 5.54 Å². The van der Waals surface area contributed by atoms with Crippen molar-refractivity contribution in [3.8, 4) is 11.5 Å². The Bertz CT molecular complexity index is 464.